The zero-order chi connectivity index (χ0) is 32.6. The molecule has 0 fully saturated rings. The van der Waals surface area contributed by atoms with Crippen LogP contribution in [0.3, 0.4) is 0 Å². The number of anilines is 6. The second-order valence-corrected chi connectivity index (χ2v) is 15.4. The van der Waals surface area contributed by atoms with E-state index in [0.717, 1.165) is 34.1 Å². The highest BCUT2D eigenvalue weighted by Crippen LogP contribution is 2.53. The predicted octanol–water partition coefficient (Wildman–Crippen LogP) is 10.7. The molecule has 0 radical (unpaired) electrons. The van der Waals surface area contributed by atoms with Crippen molar-refractivity contribution in [3.05, 3.63) is 168 Å². The molecule has 0 spiro atoms. The lowest BCUT2D eigenvalue weighted by Crippen LogP contribution is -2.30. The van der Waals surface area contributed by atoms with Crippen LogP contribution in [0, 0.1) is 0 Å². The molecule has 6 aromatic rings. The Labute approximate surface area is 277 Å². The Bertz CT molecular complexity index is 2010. The maximum absolute atomic E-state index is 13.9. The van der Waals surface area contributed by atoms with Crippen LogP contribution >= 0.6 is 0 Å². The van der Waals surface area contributed by atoms with E-state index in [-0.39, 0.29) is 20.6 Å². The van der Waals surface area contributed by atoms with Gasteiger partial charge in [-0.05, 0) is 95.1 Å². The van der Waals surface area contributed by atoms with Crippen molar-refractivity contribution in [2.24, 2.45) is 0 Å². The van der Waals surface area contributed by atoms with Crippen molar-refractivity contribution in [2.75, 3.05) is 9.80 Å². The summed E-state index contributed by atoms with van der Waals surface area (Å²) in [6.45, 7) is 9.03. The molecule has 0 aliphatic carbocycles. The van der Waals surface area contributed by atoms with E-state index in [1.807, 2.05) is 24.3 Å². The molecule has 2 aliphatic heterocycles. The van der Waals surface area contributed by atoms with Gasteiger partial charge in [-0.2, -0.15) is 0 Å². The average molecular weight is 633 g/mol. The van der Waals surface area contributed by atoms with Gasteiger partial charge in [0.15, 0.2) is 0 Å². The van der Waals surface area contributed by atoms with E-state index in [1.54, 1.807) is 24.3 Å². The van der Waals surface area contributed by atoms with Crippen LogP contribution in [0.4, 0.5) is 34.1 Å². The fourth-order valence-electron chi connectivity index (χ4n) is 7.58. The molecular formula is C42H36N2O2S. The summed E-state index contributed by atoms with van der Waals surface area (Å²) < 4.78 is 27.9. The first-order valence-corrected chi connectivity index (χ1v) is 17.5. The molecule has 0 atom stereocenters. The molecule has 2 aliphatic rings. The van der Waals surface area contributed by atoms with Gasteiger partial charge in [0.25, 0.3) is 0 Å². The van der Waals surface area contributed by atoms with Gasteiger partial charge in [-0.15, -0.1) is 0 Å². The summed E-state index contributed by atoms with van der Waals surface area (Å²) in [6.07, 6.45) is 0. The van der Waals surface area contributed by atoms with Gasteiger partial charge in [-0.3, -0.25) is 0 Å². The van der Waals surface area contributed by atoms with Gasteiger partial charge in [-0.25, -0.2) is 8.42 Å². The lowest BCUT2D eigenvalue weighted by atomic mass is 9.73. The molecule has 0 amide bonds. The SMILES string of the molecule is CC1(C)c2ccccc2N(c2ccc(S(=O)(=O)c3ccc(N4c5ccccc5C(C)(C)c5ccccc54)cc3)cc2)c2ccccc21. The monoisotopic (exact) mass is 632 g/mol. The Morgan fingerprint density at radius 3 is 0.915 bits per heavy atom. The number of hydrogen-bond acceptors (Lipinski definition) is 4. The molecule has 0 unspecified atom stereocenters. The first-order valence-electron chi connectivity index (χ1n) is 16.0. The second-order valence-electron chi connectivity index (χ2n) is 13.5. The van der Waals surface area contributed by atoms with Gasteiger partial charge in [0.05, 0.1) is 32.5 Å². The van der Waals surface area contributed by atoms with E-state index in [2.05, 4.69) is 135 Å². The Hall–Kier alpha value is -5.13. The molecule has 0 N–H and O–H groups in total. The Kier molecular flexibility index (Phi) is 6.51. The minimum Gasteiger partial charge on any atom is -0.310 e. The molecule has 0 aromatic heterocycles. The van der Waals surface area contributed by atoms with Crippen LogP contribution in [0.1, 0.15) is 49.9 Å². The van der Waals surface area contributed by atoms with Gasteiger partial charge in [0.2, 0.25) is 9.84 Å². The molecule has 8 rings (SSSR count). The number of rotatable bonds is 4. The third-order valence-electron chi connectivity index (χ3n) is 10.1. The standard InChI is InChI=1S/C42H36N2O2S/c1-41(2)33-13-5-9-17-37(33)43(38-18-10-6-14-34(38)41)29-21-25-31(26-22-29)47(45,46)32-27-23-30(24-28-32)44-39-19-11-7-15-35(39)42(3,4)36-16-8-12-20-40(36)44/h5-28H,1-4H3. The molecule has 0 bridgehead atoms. The smallest absolute Gasteiger partial charge is 0.206 e. The van der Waals surface area contributed by atoms with Crippen LogP contribution in [-0.4, -0.2) is 8.42 Å². The van der Waals surface area contributed by atoms with E-state index < -0.39 is 9.84 Å². The average Bonchev–Trinajstić information content (AvgIpc) is 3.09. The van der Waals surface area contributed by atoms with Crippen molar-refractivity contribution in [1.82, 2.24) is 0 Å². The van der Waals surface area contributed by atoms with Gasteiger partial charge in [0, 0.05) is 22.2 Å². The second kappa shape index (κ2) is 10.4. The van der Waals surface area contributed by atoms with Gasteiger partial charge in [0.1, 0.15) is 0 Å². The molecule has 6 aromatic carbocycles. The van der Waals surface area contributed by atoms with E-state index in [9.17, 15) is 8.42 Å². The van der Waals surface area contributed by atoms with Crippen LogP contribution < -0.4 is 9.80 Å². The summed E-state index contributed by atoms with van der Waals surface area (Å²) in [5.41, 5.74) is 10.9. The molecule has 4 nitrogen and oxygen atoms in total. The van der Waals surface area contributed by atoms with Crippen LogP contribution in [0.5, 0.6) is 0 Å². The Morgan fingerprint density at radius 1 is 0.383 bits per heavy atom. The molecular weight excluding hydrogens is 597 g/mol. The highest BCUT2D eigenvalue weighted by atomic mass is 32.2. The number of para-hydroxylation sites is 4. The number of hydrogen-bond donors (Lipinski definition) is 0. The zero-order valence-corrected chi connectivity index (χ0v) is 27.8. The molecule has 2 heterocycles. The van der Waals surface area contributed by atoms with Crippen molar-refractivity contribution in [3.63, 3.8) is 0 Å². The largest absolute Gasteiger partial charge is 0.310 e. The molecule has 232 valence electrons. The van der Waals surface area contributed by atoms with Gasteiger partial charge >= 0.3 is 0 Å². The number of sulfone groups is 1. The van der Waals surface area contributed by atoms with Crippen LogP contribution in [0.2, 0.25) is 0 Å². The van der Waals surface area contributed by atoms with E-state index in [1.165, 1.54) is 22.3 Å². The van der Waals surface area contributed by atoms with E-state index in [4.69, 9.17) is 0 Å². The van der Waals surface area contributed by atoms with Crippen LogP contribution in [0.25, 0.3) is 0 Å². The Balaban J connectivity index is 1.14. The summed E-state index contributed by atoms with van der Waals surface area (Å²) in [7, 11) is -3.75. The topological polar surface area (TPSA) is 40.6 Å². The third kappa shape index (κ3) is 4.37. The fourth-order valence-corrected chi connectivity index (χ4v) is 8.84. The van der Waals surface area contributed by atoms with Gasteiger partial charge < -0.3 is 9.80 Å². The lowest BCUT2D eigenvalue weighted by molar-refractivity contribution is 0.596. The highest BCUT2D eigenvalue weighted by Gasteiger charge is 2.38. The van der Waals surface area contributed by atoms with Crippen LogP contribution in [-0.2, 0) is 20.7 Å². The lowest BCUT2D eigenvalue weighted by Gasteiger charge is -2.42. The summed E-state index contributed by atoms with van der Waals surface area (Å²) in [4.78, 5) is 5.00. The third-order valence-corrected chi connectivity index (χ3v) is 11.9. The minimum absolute atomic E-state index is 0.159. The first-order chi connectivity index (χ1) is 22.6. The van der Waals surface area contributed by atoms with Crippen molar-refractivity contribution < 1.29 is 8.42 Å². The molecule has 0 saturated heterocycles. The molecule has 47 heavy (non-hydrogen) atoms. The summed E-state index contributed by atoms with van der Waals surface area (Å²) in [5, 5.41) is 0. The summed E-state index contributed by atoms with van der Waals surface area (Å²) in [6, 6.07) is 48.4. The van der Waals surface area contributed by atoms with Crippen molar-refractivity contribution in [3.8, 4) is 0 Å². The van der Waals surface area contributed by atoms with E-state index in [0.29, 0.717) is 0 Å². The van der Waals surface area contributed by atoms with E-state index >= 15 is 0 Å². The van der Waals surface area contributed by atoms with Gasteiger partial charge in [-0.1, -0.05) is 100 Å². The molecule has 5 heteroatoms. The predicted molar refractivity (Wildman–Crippen MR) is 192 cm³/mol. The summed E-state index contributed by atoms with van der Waals surface area (Å²) >= 11 is 0. The number of nitrogens with zero attached hydrogens (tertiary/aromatic N) is 2. The maximum atomic E-state index is 13.9. The normalized spacial score (nSPS) is 15.7. The van der Waals surface area contributed by atoms with Crippen molar-refractivity contribution >= 4 is 44.0 Å². The fraction of sp³-hybridized carbons (Fsp3) is 0.143. The van der Waals surface area contributed by atoms with Crippen molar-refractivity contribution in [2.45, 2.75) is 48.3 Å². The first kappa shape index (κ1) is 29.3. The highest BCUT2D eigenvalue weighted by molar-refractivity contribution is 7.91. The number of fused-ring (bicyclic) bond motifs is 4. The maximum Gasteiger partial charge on any atom is 0.206 e. The number of benzene rings is 6. The summed E-state index contributed by atoms with van der Waals surface area (Å²) in [5.74, 6) is 0. The quantitative estimate of drug-likeness (QED) is 0.194. The zero-order valence-electron chi connectivity index (χ0n) is 27.0. The van der Waals surface area contributed by atoms with Crippen molar-refractivity contribution in [1.29, 1.82) is 0 Å². The Morgan fingerprint density at radius 2 is 0.638 bits per heavy atom. The van der Waals surface area contributed by atoms with Crippen LogP contribution in [0.15, 0.2) is 155 Å². The molecule has 0 saturated carbocycles. The minimum atomic E-state index is -3.75.